The van der Waals surface area contributed by atoms with E-state index in [-0.39, 0.29) is 0 Å². The average molecular weight is 186 g/mol. The van der Waals surface area contributed by atoms with E-state index < -0.39 is 0 Å². The van der Waals surface area contributed by atoms with Gasteiger partial charge in [-0.2, -0.15) is 0 Å². The van der Waals surface area contributed by atoms with Gasteiger partial charge in [0.25, 0.3) is 0 Å². The van der Waals surface area contributed by atoms with Crippen LogP contribution in [0.5, 0.6) is 0 Å². The van der Waals surface area contributed by atoms with Gasteiger partial charge in [0.1, 0.15) is 0 Å². The lowest BCUT2D eigenvalue weighted by atomic mass is 10.1. The summed E-state index contributed by atoms with van der Waals surface area (Å²) in [4.78, 5) is 0. The van der Waals surface area contributed by atoms with Gasteiger partial charge in [0.05, 0.1) is 0 Å². The fraction of sp³-hybridized carbons (Fsp3) is 1.00. The zero-order valence-electron chi connectivity index (χ0n) is 8.28. The number of rotatable bonds is 0. The first-order valence-electron chi connectivity index (χ1n) is 5.71. The molecule has 72 valence electrons. The third-order valence-electron chi connectivity index (χ3n) is 2.71. The molecule has 0 aromatic heterocycles. The van der Waals surface area contributed by atoms with Crippen molar-refractivity contribution >= 4 is 8.58 Å². The van der Waals surface area contributed by atoms with Gasteiger partial charge >= 0.3 is 0 Å². The van der Waals surface area contributed by atoms with E-state index in [0.29, 0.717) is 0 Å². The monoisotopic (exact) mass is 186 g/mol. The molecule has 0 aliphatic carbocycles. The van der Waals surface area contributed by atoms with Crippen LogP contribution >= 0.6 is 8.58 Å². The fourth-order valence-corrected chi connectivity index (χ4v) is 3.11. The fourth-order valence-electron chi connectivity index (χ4n) is 1.86. The predicted octanol–water partition coefficient (Wildman–Crippen LogP) is 4.19. The second kappa shape index (κ2) is 8.05. The molecule has 0 unspecified atom stereocenters. The zero-order chi connectivity index (χ0) is 8.49. The third-order valence-corrected chi connectivity index (χ3v) is 4.12. The van der Waals surface area contributed by atoms with Gasteiger partial charge in [-0.15, -0.1) is 8.58 Å². The maximum atomic E-state index is 1.53. The van der Waals surface area contributed by atoms with Gasteiger partial charge in [-0.3, -0.25) is 0 Å². The van der Waals surface area contributed by atoms with E-state index in [2.05, 4.69) is 0 Å². The molecule has 1 rings (SSSR count). The summed E-state index contributed by atoms with van der Waals surface area (Å²) >= 11 is 0. The molecule has 1 aliphatic heterocycles. The van der Waals surface area contributed by atoms with Crippen molar-refractivity contribution in [1.82, 2.24) is 0 Å². The maximum absolute atomic E-state index is 1.53. The quantitative estimate of drug-likeness (QED) is 0.498. The van der Waals surface area contributed by atoms with Crippen LogP contribution in [-0.2, 0) is 0 Å². The van der Waals surface area contributed by atoms with E-state index in [1.54, 1.807) is 0 Å². The Labute approximate surface area is 79.3 Å². The van der Waals surface area contributed by atoms with Crippen LogP contribution in [0.1, 0.15) is 57.8 Å². The number of hydrogen-bond acceptors (Lipinski definition) is 0. The van der Waals surface area contributed by atoms with Crippen LogP contribution in [0.25, 0.3) is 0 Å². The second-order valence-corrected chi connectivity index (χ2v) is 5.43. The summed E-state index contributed by atoms with van der Waals surface area (Å²) < 4.78 is 0. The van der Waals surface area contributed by atoms with Crippen LogP contribution in [-0.4, -0.2) is 12.3 Å². The van der Waals surface area contributed by atoms with Crippen LogP contribution in [0.4, 0.5) is 0 Å². The molecule has 0 saturated carbocycles. The summed E-state index contributed by atoms with van der Waals surface area (Å²) in [6.07, 6.45) is 16.6. The topological polar surface area (TPSA) is 0 Å². The molecular weight excluding hydrogens is 163 g/mol. The minimum Gasteiger partial charge on any atom is -0.122 e. The molecule has 0 radical (unpaired) electrons. The molecule has 0 spiro atoms. The Morgan fingerprint density at radius 1 is 0.417 bits per heavy atom. The van der Waals surface area contributed by atoms with Crippen LogP contribution in [0.15, 0.2) is 0 Å². The predicted molar refractivity (Wildman–Crippen MR) is 59.6 cm³/mol. The molecule has 1 fully saturated rings. The van der Waals surface area contributed by atoms with Gasteiger partial charge in [-0.25, -0.2) is 0 Å². The lowest BCUT2D eigenvalue weighted by Crippen LogP contribution is -1.87. The van der Waals surface area contributed by atoms with E-state index in [1.807, 2.05) is 0 Å². The Balaban J connectivity index is 2.00. The molecule has 0 N–H and O–H groups in total. The van der Waals surface area contributed by atoms with Crippen LogP contribution in [0, 0.1) is 0 Å². The van der Waals surface area contributed by atoms with Crippen LogP contribution < -0.4 is 0 Å². The van der Waals surface area contributed by atoms with Gasteiger partial charge < -0.3 is 0 Å². The van der Waals surface area contributed by atoms with Crippen molar-refractivity contribution in [3.05, 3.63) is 0 Å². The highest BCUT2D eigenvalue weighted by atomic mass is 31.1. The molecule has 0 atom stereocenters. The largest absolute Gasteiger partial charge is 0.122 e. The second-order valence-electron chi connectivity index (χ2n) is 3.93. The first kappa shape index (κ1) is 10.5. The van der Waals surface area contributed by atoms with Crippen molar-refractivity contribution in [3.8, 4) is 0 Å². The normalized spacial score (nSPS) is 24.0. The molecule has 1 aliphatic rings. The van der Waals surface area contributed by atoms with E-state index in [4.69, 9.17) is 0 Å². The Kier molecular flexibility index (Phi) is 7.05. The Hall–Kier alpha value is 0.430. The maximum Gasteiger partial charge on any atom is -0.0353 e. The summed E-state index contributed by atoms with van der Waals surface area (Å²) in [5.41, 5.74) is 0. The van der Waals surface area contributed by atoms with Crippen molar-refractivity contribution in [3.63, 3.8) is 0 Å². The van der Waals surface area contributed by atoms with Crippen LogP contribution in [0.3, 0.4) is 0 Å². The van der Waals surface area contributed by atoms with Crippen molar-refractivity contribution < 1.29 is 0 Å². The van der Waals surface area contributed by atoms with E-state index in [0.717, 1.165) is 0 Å². The van der Waals surface area contributed by atoms with Crippen molar-refractivity contribution in [2.45, 2.75) is 57.8 Å². The highest BCUT2D eigenvalue weighted by Gasteiger charge is 1.95. The molecule has 0 amide bonds. The molecule has 12 heavy (non-hydrogen) atoms. The Morgan fingerprint density at radius 3 is 1.17 bits per heavy atom. The number of hydrogen-bond donors (Lipinski definition) is 0. The highest BCUT2D eigenvalue weighted by molar-refractivity contribution is 7.37. The molecule has 0 aromatic carbocycles. The van der Waals surface area contributed by atoms with Crippen LogP contribution in [0.2, 0.25) is 0 Å². The minimum atomic E-state index is 1.28. The highest BCUT2D eigenvalue weighted by Crippen LogP contribution is 2.19. The molecule has 0 bridgehead atoms. The SMILES string of the molecule is C1CCCCCPCCCCC1. The van der Waals surface area contributed by atoms with Crippen molar-refractivity contribution in [2.75, 3.05) is 12.3 Å². The van der Waals surface area contributed by atoms with Gasteiger partial charge in [0.2, 0.25) is 0 Å². The standard InChI is InChI=1S/C11H23P/c1-2-4-6-8-10-12-11-9-7-5-3-1/h12H,1-11H2. The van der Waals surface area contributed by atoms with E-state index in [9.17, 15) is 0 Å². The first-order valence-corrected chi connectivity index (χ1v) is 7.12. The average Bonchev–Trinajstić information content (AvgIpc) is 2.05. The summed E-state index contributed by atoms with van der Waals surface area (Å²) in [5.74, 6) is 0. The van der Waals surface area contributed by atoms with Gasteiger partial charge in [0.15, 0.2) is 0 Å². The molecular formula is C11H23P. The summed E-state index contributed by atoms with van der Waals surface area (Å²) in [5, 5.41) is 0. The van der Waals surface area contributed by atoms with Crippen molar-refractivity contribution in [1.29, 1.82) is 0 Å². The lowest BCUT2D eigenvalue weighted by molar-refractivity contribution is 0.571. The van der Waals surface area contributed by atoms with Gasteiger partial charge in [0, 0.05) is 0 Å². The minimum absolute atomic E-state index is 1.28. The third kappa shape index (κ3) is 6.00. The zero-order valence-corrected chi connectivity index (χ0v) is 9.28. The Bertz CT molecular complexity index is 48.0. The van der Waals surface area contributed by atoms with Crippen molar-refractivity contribution in [2.24, 2.45) is 0 Å². The smallest absolute Gasteiger partial charge is 0.0353 e. The van der Waals surface area contributed by atoms with E-state index in [1.165, 1.54) is 78.7 Å². The van der Waals surface area contributed by atoms with Gasteiger partial charge in [-0.1, -0.05) is 44.9 Å². The molecule has 1 saturated heterocycles. The Morgan fingerprint density at radius 2 is 0.750 bits per heavy atom. The molecule has 1 heterocycles. The lowest BCUT2D eigenvalue weighted by Gasteiger charge is -2.05. The summed E-state index contributed by atoms with van der Waals surface area (Å²) in [7, 11) is 1.28. The molecule has 0 nitrogen and oxygen atoms in total. The summed E-state index contributed by atoms with van der Waals surface area (Å²) in [6, 6.07) is 0. The first-order chi connectivity index (χ1) is 6.00. The van der Waals surface area contributed by atoms with E-state index >= 15 is 0 Å². The molecule has 1 heteroatoms. The summed E-state index contributed by atoms with van der Waals surface area (Å²) in [6.45, 7) is 0. The van der Waals surface area contributed by atoms with Gasteiger partial charge in [-0.05, 0) is 25.2 Å². The molecule has 0 aromatic rings.